The van der Waals surface area contributed by atoms with E-state index in [0.29, 0.717) is 6.42 Å². The highest BCUT2D eigenvalue weighted by Gasteiger charge is 2.40. The molecule has 0 spiro atoms. The molecule has 0 saturated carbocycles. The van der Waals surface area contributed by atoms with Crippen LogP contribution in [0.4, 0.5) is 0 Å². The van der Waals surface area contributed by atoms with Gasteiger partial charge in [0.25, 0.3) is 0 Å². The Morgan fingerprint density at radius 3 is 2.50 bits per heavy atom. The van der Waals surface area contributed by atoms with Crippen LogP contribution in [0, 0.1) is 0 Å². The maximum atomic E-state index is 12.1. The first-order chi connectivity index (χ1) is 8.23. The second kappa shape index (κ2) is 4.19. The van der Waals surface area contributed by atoms with E-state index < -0.39 is 14.6 Å². The highest BCUT2D eigenvalue weighted by molar-refractivity contribution is 7.92. The fourth-order valence-electron chi connectivity index (χ4n) is 2.22. The molecule has 98 valence electrons. The summed E-state index contributed by atoms with van der Waals surface area (Å²) in [5.41, 5.74) is 2.46. The normalized spacial score (nSPS) is 18.9. The van der Waals surface area contributed by atoms with Gasteiger partial charge in [-0.1, -0.05) is 24.3 Å². The zero-order valence-electron chi connectivity index (χ0n) is 10.9. The van der Waals surface area contributed by atoms with Gasteiger partial charge in [0.05, 0.1) is 0 Å². The van der Waals surface area contributed by atoms with E-state index in [1.165, 1.54) is 25.0 Å². The van der Waals surface area contributed by atoms with Gasteiger partial charge in [-0.05, 0) is 37.3 Å². The lowest BCUT2D eigenvalue weighted by atomic mass is 9.74. The number of benzene rings is 1. The number of rotatable bonds is 4. The summed E-state index contributed by atoms with van der Waals surface area (Å²) in [7, 11) is -3.36. The molecule has 1 atom stereocenters. The van der Waals surface area contributed by atoms with E-state index >= 15 is 0 Å². The molecule has 4 heteroatoms. The van der Waals surface area contributed by atoms with Gasteiger partial charge < -0.3 is 0 Å². The van der Waals surface area contributed by atoms with Crippen molar-refractivity contribution in [1.29, 1.82) is 0 Å². The summed E-state index contributed by atoms with van der Waals surface area (Å²) in [6.45, 7) is 2.99. The molecule has 0 fully saturated rings. The third kappa shape index (κ3) is 2.09. The van der Waals surface area contributed by atoms with Gasteiger partial charge >= 0.3 is 0 Å². The number of hydrogen-bond donors (Lipinski definition) is 0. The zero-order chi connectivity index (χ0) is 13.6. The molecular formula is C14H18O3S. The van der Waals surface area contributed by atoms with Crippen molar-refractivity contribution in [3.8, 4) is 0 Å². The van der Waals surface area contributed by atoms with E-state index in [0.717, 1.165) is 12.7 Å². The third-order valence-corrected chi connectivity index (χ3v) is 6.07. The number of sulfone groups is 1. The number of fused-ring (bicyclic) bond motifs is 1. The van der Waals surface area contributed by atoms with E-state index in [4.69, 9.17) is 0 Å². The molecule has 2 rings (SSSR count). The molecule has 0 aliphatic heterocycles. The first-order valence-electron chi connectivity index (χ1n) is 6.04. The lowest BCUT2D eigenvalue weighted by molar-refractivity contribution is -0.121. The van der Waals surface area contributed by atoms with Gasteiger partial charge in [0.15, 0.2) is 15.6 Å². The predicted octanol–water partition coefficient (Wildman–Crippen LogP) is 2.11. The van der Waals surface area contributed by atoms with Gasteiger partial charge in [-0.2, -0.15) is 0 Å². The molecule has 0 bridgehead atoms. The van der Waals surface area contributed by atoms with Crippen LogP contribution in [0.2, 0.25) is 0 Å². The van der Waals surface area contributed by atoms with E-state index in [1.54, 1.807) is 0 Å². The highest BCUT2D eigenvalue weighted by atomic mass is 32.2. The van der Waals surface area contributed by atoms with Crippen LogP contribution in [0.5, 0.6) is 0 Å². The van der Waals surface area contributed by atoms with Crippen LogP contribution < -0.4 is 0 Å². The quantitative estimate of drug-likeness (QED) is 0.838. The van der Waals surface area contributed by atoms with Gasteiger partial charge in [-0.3, -0.25) is 4.79 Å². The fraction of sp³-hybridized carbons (Fsp3) is 0.500. The van der Waals surface area contributed by atoms with Gasteiger partial charge in [0.1, 0.15) is 4.75 Å². The number of carbonyl (C=O) groups is 1. The van der Waals surface area contributed by atoms with Crippen molar-refractivity contribution in [2.24, 2.45) is 0 Å². The molecule has 0 radical (unpaired) electrons. The number of ketones is 1. The molecule has 18 heavy (non-hydrogen) atoms. The Labute approximate surface area is 108 Å². The molecule has 1 aliphatic rings. The Hall–Kier alpha value is -1.16. The standard InChI is InChI=1S/C14H18O3S/c1-14(2,18(3,16)17)13(15)9-11-8-10-6-4-5-7-12(10)11/h4-7,11H,8-9H2,1-3H3. The minimum absolute atomic E-state index is 0.190. The molecule has 0 amide bonds. The van der Waals surface area contributed by atoms with Gasteiger partial charge in [-0.15, -0.1) is 0 Å². The van der Waals surface area contributed by atoms with Crippen LogP contribution in [0.1, 0.15) is 37.3 Å². The molecule has 0 saturated heterocycles. The Bertz CT molecular complexity index is 585. The minimum atomic E-state index is -3.36. The summed E-state index contributed by atoms with van der Waals surface area (Å²) in [5.74, 6) is -0.000715. The number of hydrogen-bond acceptors (Lipinski definition) is 3. The van der Waals surface area contributed by atoms with Crippen molar-refractivity contribution >= 4 is 15.6 Å². The molecular weight excluding hydrogens is 248 g/mol. The summed E-state index contributed by atoms with van der Waals surface area (Å²) in [6, 6.07) is 8.01. The van der Waals surface area contributed by atoms with Gasteiger partial charge in [0.2, 0.25) is 0 Å². The van der Waals surface area contributed by atoms with E-state index in [-0.39, 0.29) is 11.7 Å². The zero-order valence-corrected chi connectivity index (χ0v) is 11.8. The summed E-state index contributed by atoms with van der Waals surface area (Å²) in [6.07, 6.45) is 2.32. The first kappa shape index (κ1) is 13.3. The predicted molar refractivity (Wildman–Crippen MR) is 71.4 cm³/mol. The Morgan fingerprint density at radius 1 is 1.33 bits per heavy atom. The highest BCUT2D eigenvalue weighted by Crippen LogP contribution is 2.38. The van der Waals surface area contributed by atoms with Crippen molar-refractivity contribution in [2.45, 2.75) is 37.4 Å². The Morgan fingerprint density at radius 2 is 1.94 bits per heavy atom. The maximum absolute atomic E-state index is 12.1. The Balaban J connectivity index is 2.12. The molecule has 0 N–H and O–H groups in total. The van der Waals surface area contributed by atoms with Gasteiger partial charge in [0, 0.05) is 12.7 Å². The monoisotopic (exact) mass is 266 g/mol. The van der Waals surface area contributed by atoms with Crippen LogP contribution in [0.15, 0.2) is 24.3 Å². The average molecular weight is 266 g/mol. The van der Waals surface area contributed by atoms with Crippen LogP contribution in [-0.4, -0.2) is 25.2 Å². The smallest absolute Gasteiger partial charge is 0.159 e. The third-order valence-electron chi connectivity index (χ3n) is 3.99. The van der Waals surface area contributed by atoms with Crippen LogP contribution in [0.25, 0.3) is 0 Å². The summed E-state index contributed by atoms with van der Waals surface area (Å²) in [4.78, 5) is 12.1. The van der Waals surface area contributed by atoms with E-state index in [9.17, 15) is 13.2 Å². The topological polar surface area (TPSA) is 51.2 Å². The van der Waals surface area contributed by atoms with Crippen molar-refractivity contribution in [3.63, 3.8) is 0 Å². The maximum Gasteiger partial charge on any atom is 0.159 e. The van der Waals surface area contributed by atoms with E-state index in [2.05, 4.69) is 6.07 Å². The second-order valence-corrected chi connectivity index (χ2v) is 8.07. The van der Waals surface area contributed by atoms with Crippen LogP contribution >= 0.6 is 0 Å². The number of Topliss-reactive ketones (excluding diaryl/α,β-unsaturated/α-hetero) is 1. The molecule has 0 heterocycles. The average Bonchev–Trinajstić information content (AvgIpc) is 2.24. The molecule has 1 aromatic rings. The fourth-order valence-corrected chi connectivity index (χ4v) is 2.72. The first-order valence-corrected chi connectivity index (χ1v) is 7.93. The lowest BCUT2D eigenvalue weighted by Gasteiger charge is -2.32. The van der Waals surface area contributed by atoms with Crippen molar-refractivity contribution in [1.82, 2.24) is 0 Å². The summed E-state index contributed by atoms with van der Waals surface area (Å²) < 4.78 is 21.9. The van der Waals surface area contributed by atoms with E-state index in [1.807, 2.05) is 18.2 Å². The molecule has 3 nitrogen and oxygen atoms in total. The molecule has 1 aromatic carbocycles. The Kier molecular flexibility index (Phi) is 3.09. The van der Waals surface area contributed by atoms with Crippen LogP contribution in [-0.2, 0) is 21.1 Å². The minimum Gasteiger partial charge on any atom is -0.298 e. The summed E-state index contributed by atoms with van der Waals surface area (Å²) in [5, 5.41) is 0. The van der Waals surface area contributed by atoms with Crippen molar-refractivity contribution in [2.75, 3.05) is 6.26 Å². The number of carbonyl (C=O) groups excluding carboxylic acids is 1. The van der Waals surface area contributed by atoms with Gasteiger partial charge in [-0.25, -0.2) is 8.42 Å². The van der Waals surface area contributed by atoms with Crippen molar-refractivity contribution in [3.05, 3.63) is 35.4 Å². The molecule has 0 aromatic heterocycles. The SMILES string of the molecule is CC(C)(C(=O)CC1Cc2ccccc21)S(C)(=O)=O. The largest absolute Gasteiger partial charge is 0.298 e. The summed E-state index contributed by atoms with van der Waals surface area (Å²) >= 11 is 0. The second-order valence-electron chi connectivity index (χ2n) is 5.51. The molecule has 1 unspecified atom stereocenters. The lowest BCUT2D eigenvalue weighted by Crippen LogP contribution is -2.41. The molecule has 1 aliphatic carbocycles. The van der Waals surface area contributed by atoms with Crippen molar-refractivity contribution < 1.29 is 13.2 Å². The van der Waals surface area contributed by atoms with Crippen LogP contribution in [0.3, 0.4) is 0 Å².